The Morgan fingerprint density at radius 1 is 0.932 bits per heavy atom. The summed E-state index contributed by atoms with van der Waals surface area (Å²) in [5, 5.41) is 3.41. The molecule has 5 rings (SSSR count). The molecular weight excluding hydrogens is 578 g/mol. The Morgan fingerprint density at radius 3 is 2.20 bits per heavy atom. The maximum Gasteiger partial charge on any atom is 0.229 e. The van der Waals surface area contributed by atoms with Gasteiger partial charge in [-0.05, 0) is 80.1 Å². The van der Waals surface area contributed by atoms with E-state index in [2.05, 4.69) is 32.1 Å². The predicted molar refractivity (Wildman–Crippen MR) is 170 cm³/mol. The lowest BCUT2D eigenvalue weighted by molar-refractivity contribution is -0.134. The van der Waals surface area contributed by atoms with E-state index in [0.29, 0.717) is 49.2 Å². The van der Waals surface area contributed by atoms with E-state index in [-0.39, 0.29) is 23.8 Å². The summed E-state index contributed by atoms with van der Waals surface area (Å²) in [5.74, 6) is 1.47. The van der Waals surface area contributed by atoms with Crippen LogP contribution in [0.1, 0.15) is 49.8 Å². The van der Waals surface area contributed by atoms with Crippen LogP contribution in [0.5, 0.6) is 11.6 Å². The van der Waals surface area contributed by atoms with Crippen LogP contribution in [0.15, 0.2) is 72.9 Å². The third kappa shape index (κ3) is 8.79. The van der Waals surface area contributed by atoms with Gasteiger partial charge in [0, 0.05) is 50.4 Å². The van der Waals surface area contributed by atoms with Crippen LogP contribution in [0.3, 0.4) is 0 Å². The average molecular weight is 620 g/mol. The number of likely N-dealkylation sites (tertiary alicyclic amines) is 2. The van der Waals surface area contributed by atoms with E-state index in [9.17, 15) is 18.0 Å². The van der Waals surface area contributed by atoms with Crippen molar-refractivity contribution in [2.45, 2.75) is 45.2 Å². The molecule has 2 aromatic carbocycles. The van der Waals surface area contributed by atoms with Gasteiger partial charge in [-0.1, -0.05) is 36.4 Å². The first-order valence-corrected chi connectivity index (χ1v) is 17.1. The molecule has 0 radical (unpaired) electrons. The minimum atomic E-state index is -3.33. The number of aromatic nitrogens is 1. The molecule has 10 nitrogen and oxygen atoms in total. The zero-order chi connectivity index (χ0) is 31.1. The first kappa shape index (κ1) is 31.5. The van der Waals surface area contributed by atoms with Gasteiger partial charge in [0.1, 0.15) is 5.75 Å². The van der Waals surface area contributed by atoms with Crippen molar-refractivity contribution in [2.75, 3.05) is 37.2 Å². The topological polar surface area (TPSA) is 121 Å². The van der Waals surface area contributed by atoms with Crippen LogP contribution < -0.4 is 14.8 Å². The van der Waals surface area contributed by atoms with Crippen molar-refractivity contribution in [2.24, 2.45) is 11.8 Å². The zero-order valence-corrected chi connectivity index (χ0v) is 26.1. The van der Waals surface area contributed by atoms with E-state index in [0.717, 1.165) is 49.9 Å². The van der Waals surface area contributed by atoms with Gasteiger partial charge in [-0.3, -0.25) is 19.2 Å². The fourth-order valence-corrected chi connectivity index (χ4v) is 6.62. The molecule has 2 aliphatic rings. The SMILES string of the molecule is CC(=O)N1CCC(C(=O)NC(c2ccccc2)C2CCN(Cc3ccc(Oc4ccc(NS(C)(=O)=O)cc4)nc3)CC2)CC1. The molecule has 234 valence electrons. The number of rotatable bonds is 10. The average Bonchev–Trinajstić information content (AvgIpc) is 3.02. The lowest BCUT2D eigenvalue weighted by Gasteiger charge is -2.38. The van der Waals surface area contributed by atoms with Crippen molar-refractivity contribution in [3.8, 4) is 11.6 Å². The number of benzene rings is 2. The number of nitrogens with zero attached hydrogens (tertiary/aromatic N) is 3. The van der Waals surface area contributed by atoms with Crippen molar-refractivity contribution in [1.82, 2.24) is 20.1 Å². The number of carbonyl (C=O) groups excluding carboxylic acids is 2. The molecule has 1 aromatic heterocycles. The van der Waals surface area contributed by atoms with Crippen molar-refractivity contribution in [3.63, 3.8) is 0 Å². The summed E-state index contributed by atoms with van der Waals surface area (Å²) in [6.45, 7) is 5.50. The quantitative estimate of drug-likeness (QED) is 0.341. The van der Waals surface area contributed by atoms with Gasteiger partial charge >= 0.3 is 0 Å². The third-order valence-corrected chi connectivity index (χ3v) is 9.06. The smallest absolute Gasteiger partial charge is 0.229 e. The van der Waals surface area contributed by atoms with Crippen molar-refractivity contribution in [1.29, 1.82) is 0 Å². The highest BCUT2D eigenvalue weighted by molar-refractivity contribution is 7.92. The maximum atomic E-state index is 13.3. The monoisotopic (exact) mass is 619 g/mol. The number of ether oxygens (including phenoxy) is 1. The van der Waals surface area contributed by atoms with Gasteiger partial charge in [-0.2, -0.15) is 0 Å². The highest BCUT2D eigenvalue weighted by Crippen LogP contribution is 2.32. The maximum absolute atomic E-state index is 13.3. The fraction of sp³-hybridized carbons (Fsp3) is 0.424. The minimum absolute atomic E-state index is 0.0361. The standard InChI is InChI=1S/C33H41N5O5S/c1-24(39)38-20-16-28(17-21-38)33(40)35-32(26-6-4-3-5-7-26)27-14-18-37(19-15-27)23-25-8-13-31(34-22-25)43-30-11-9-29(10-12-30)36-44(2,41)42/h3-13,22,27-28,32,36H,14-21,23H2,1-2H3,(H,35,40). The molecule has 11 heteroatoms. The van der Waals surface area contributed by atoms with Gasteiger partial charge in [0.05, 0.1) is 12.3 Å². The molecule has 44 heavy (non-hydrogen) atoms. The number of carbonyl (C=O) groups is 2. The van der Waals surface area contributed by atoms with Gasteiger partial charge in [0.15, 0.2) is 0 Å². The van der Waals surface area contributed by atoms with Crippen molar-refractivity contribution < 1.29 is 22.7 Å². The fourth-order valence-electron chi connectivity index (χ4n) is 6.05. The second-order valence-electron chi connectivity index (χ2n) is 11.8. The van der Waals surface area contributed by atoms with E-state index in [1.165, 1.54) is 0 Å². The first-order valence-electron chi connectivity index (χ1n) is 15.2. The van der Waals surface area contributed by atoms with Gasteiger partial charge in [-0.25, -0.2) is 13.4 Å². The van der Waals surface area contributed by atoms with E-state index in [1.807, 2.05) is 41.4 Å². The number of piperidine rings is 2. The Bertz CT molecular complexity index is 1500. The largest absolute Gasteiger partial charge is 0.439 e. The van der Waals surface area contributed by atoms with Crippen LogP contribution in [0.25, 0.3) is 0 Å². The van der Waals surface area contributed by atoms with Crippen LogP contribution in [0, 0.1) is 11.8 Å². The molecule has 0 aliphatic carbocycles. The van der Waals surface area contributed by atoms with Crippen LogP contribution in [0.2, 0.25) is 0 Å². The molecule has 2 N–H and O–H groups in total. The first-order chi connectivity index (χ1) is 21.1. The second kappa shape index (κ2) is 14.2. The molecule has 1 unspecified atom stereocenters. The summed E-state index contributed by atoms with van der Waals surface area (Å²) in [5.41, 5.74) is 2.70. The highest BCUT2D eigenvalue weighted by Gasteiger charge is 2.32. The third-order valence-electron chi connectivity index (χ3n) is 8.45. The van der Waals surface area contributed by atoms with E-state index < -0.39 is 10.0 Å². The summed E-state index contributed by atoms with van der Waals surface area (Å²) < 4.78 is 31.0. The molecule has 3 aromatic rings. The normalized spacial score (nSPS) is 17.5. The number of sulfonamides is 1. The number of anilines is 1. The Labute approximate surface area is 259 Å². The number of hydrogen-bond donors (Lipinski definition) is 2. The molecule has 2 aliphatic heterocycles. The van der Waals surface area contributed by atoms with E-state index in [4.69, 9.17) is 4.74 Å². The highest BCUT2D eigenvalue weighted by atomic mass is 32.2. The van der Waals surface area contributed by atoms with Crippen LogP contribution >= 0.6 is 0 Å². The molecular formula is C33H41N5O5S. The Kier molecular flexibility index (Phi) is 10.2. The van der Waals surface area contributed by atoms with Crippen LogP contribution in [0.4, 0.5) is 5.69 Å². The molecule has 0 saturated carbocycles. The number of pyridine rings is 1. The van der Waals surface area contributed by atoms with Gasteiger partial charge < -0.3 is 15.0 Å². The number of amides is 2. The Balaban J connectivity index is 1.13. The Hall–Kier alpha value is -3.96. The summed E-state index contributed by atoms with van der Waals surface area (Å²) >= 11 is 0. The summed E-state index contributed by atoms with van der Waals surface area (Å²) in [7, 11) is -3.33. The molecule has 1 atom stereocenters. The Morgan fingerprint density at radius 2 is 1.61 bits per heavy atom. The number of hydrogen-bond acceptors (Lipinski definition) is 7. The second-order valence-corrected chi connectivity index (χ2v) is 13.5. The summed E-state index contributed by atoms with van der Waals surface area (Å²) in [6.07, 6.45) is 6.29. The van der Waals surface area contributed by atoms with Crippen molar-refractivity contribution >= 4 is 27.5 Å². The van der Waals surface area contributed by atoms with E-state index in [1.54, 1.807) is 31.2 Å². The van der Waals surface area contributed by atoms with Crippen molar-refractivity contribution in [3.05, 3.63) is 84.1 Å². The molecule has 3 heterocycles. The minimum Gasteiger partial charge on any atom is -0.439 e. The molecule has 0 bridgehead atoms. The van der Waals surface area contributed by atoms with Gasteiger partial charge in [-0.15, -0.1) is 0 Å². The van der Waals surface area contributed by atoms with Gasteiger partial charge in [0.25, 0.3) is 0 Å². The van der Waals surface area contributed by atoms with Gasteiger partial charge in [0.2, 0.25) is 27.7 Å². The predicted octanol–water partition coefficient (Wildman–Crippen LogP) is 4.57. The molecule has 2 amide bonds. The molecule has 2 saturated heterocycles. The van der Waals surface area contributed by atoms with Crippen LogP contribution in [-0.4, -0.2) is 67.5 Å². The summed E-state index contributed by atoms with van der Waals surface area (Å²) in [6, 6.07) is 20.7. The van der Waals surface area contributed by atoms with Crippen LogP contribution in [-0.2, 0) is 26.2 Å². The van der Waals surface area contributed by atoms with E-state index >= 15 is 0 Å². The lowest BCUT2D eigenvalue weighted by Crippen LogP contribution is -2.45. The lowest BCUT2D eigenvalue weighted by atomic mass is 9.84. The molecule has 2 fully saturated rings. The number of nitrogens with one attached hydrogen (secondary N) is 2. The zero-order valence-electron chi connectivity index (χ0n) is 25.3. The molecule has 0 spiro atoms. The summed E-state index contributed by atoms with van der Waals surface area (Å²) in [4.78, 5) is 33.8.